The van der Waals surface area contributed by atoms with E-state index in [4.69, 9.17) is 11.6 Å². The van der Waals surface area contributed by atoms with E-state index >= 15 is 0 Å². The lowest BCUT2D eigenvalue weighted by atomic mass is 10.3. The molecule has 0 saturated carbocycles. The summed E-state index contributed by atoms with van der Waals surface area (Å²) in [6, 6.07) is 8.69. The van der Waals surface area contributed by atoms with Gasteiger partial charge in [-0.3, -0.25) is 4.79 Å². The van der Waals surface area contributed by atoms with E-state index in [0.717, 1.165) is 0 Å². The average Bonchev–Trinajstić information content (AvgIpc) is 2.96. The number of hydrogen-bond donors (Lipinski definition) is 1. The van der Waals surface area contributed by atoms with Crippen molar-refractivity contribution in [2.24, 2.45) is 0 Å². The number of carbonyl (C=O) groups is 1. The maximum atomic E-state index is 12.1. The normalized spacial score (nSPS) is 12.2. The second kappa shape index (κ2) is 6.94. The van der Waals surface area contributed by atoms with E-state index in [1.54, 1.807) is 51.2 Å². The molecule has 0 unspecified atom stereocenters. The van der Waals surface area contributed by atoms with Crippen molar-refractivity contribution in [3.8, 4) is 5.69 Å². The van der Waals surface area contributed by atoms with E-state index in [2.05, 4.69) is 10.4 Å². The first-order chi connectivity index (χ1) is 11.1. The van der Waals surface area contributed by atoms with Gasteiger partial charge in [-0.05, 0) is 39.0 Å². The van der Waals surface area contributed by atoms with Crippen LogP contribution < -0.4 is 5.32 Å². The number of hydrogen-bond acceptors (Lipinski definition) is 4. The summed E-state index contributed by atoms with van der Waals surface area (Å²) in [4.78, 5) is 12.1. The lowest BCUT2D eigenvalue weighted by molar-refractivity contribution is 0.0950. The molecule has 1 amide bonds. The highest BCUT2D eigenvalue weighted by Crippen LogP contribution is 2.19. The van der Waals surface area contributed by atoms with Crippen molar-refractivity contribution in [2.45, 2.75) is 25.5 Å². The van der Waals surface area contributed by atoms with Gasteiger partial charge in [-0.25, -0.2) is 13.1 Å². The van der Waals surface area contributed by atoms with Crippen LogP contribution in [0.2, 0.25) is 5.02 Å². The lowest BCUT2D eigenvalue weighted by Crippen LogP contribution is -2.36. The zero-order valence-corrected chi connectivity index (χ0v) is 15.4. The van der Waals surface area contributed by atoms with Gasteiger partial charge in [0.25, 0.3) is 5.91 Å². The Morgan fingerprint density at radius 3 is 2.54 bits per heavy atom. The predicted molar refractivity (Wildman–Crippen MR) is 94.4 cm³/mol. The van der Waals surface area contributed by atoms with Gasteiger partial charge >= 0.3 is 0 Å². The molecule has 1 aromatic carbocycles. The second-order valence-electron chi connectivity index (χ2n) is 6.28. The van der Waals surface area contributed by atoms with Crippen molar-refractivity contribution in [1.82, 2.24) is 15.1 Å². The predicted octanol–water partition coefficient (Wildman–Crippen LogP) is 2.47. The summed E-state index contributed by atoms with van der Waals surface area (Å²) < 4.78 is 24.7. The van der Waals surface area contributed by atoms with Crippen LogP contribution in [-0.4, -0.2) is 41.2 Å². The minimum absolute atomic E-state index is 0.0391. The molecule has 0 aliphatic rings. The molecule has 0 radical (unpaired) electrons. The first-order valence-corrected chi connectivity index (χ1v) is 9.46. The van der Waals surface area contributed by atoms with Crippen LogP contribution in [-0.2, 0) is 9.84 Å². The quantitative estimate of drug-likeness (QED) is 0.877. The number of rotatable bonds is 5. The van der Waals surface area contributed by atoms with Gasteiger partial charge in [0.1, 0.15) is 0 Å². The molecule has 0 aliphatic carbocycles. The summed E-state index contributed by atoms with van der Waals surface area (Å²) in [5, 5.41) is 7.27. The summed E-state index contributed by atoms with van der Waals surface area (Å²) in [7, 11) is -3.28. The molecule has 1 aromatic heterocycles. The molecular formula is C16H20ClN3O3S. The maximum Gasteiger partial charge on any atom is 0.271 e. The molecule has 0 bridgehead atoms. The van der Waals surface area contributed by atoms with Gasteiger partial charge in [-0.2, -0.15) is 5.10 Å². The molecule has 0 aliphatic heterocycles. The minimum Gasteiger partial charge on any atom is -0.350 e. The van der Waals surface area contributed by atoms with E-state index in [1.165, 1.54) is 4.68 Å². The summed E-state index contributed by atoms with van der Waals surface area (Å²) in [5.41, 5.74) is 0.858. The molecule has 6 nitrogen and oxygen atoms in total. The van der Waals surface area contributed by atoms with Crippen LogP contribution in [0.3, 0.4) is 0 Å². The van der Waals surface area contributed by atoms with Crippen LogP contribution in [0, 0.1) is 0 Å². The van der Waals surface area contributed by atoms with E-state index < -0.39 is 20.5 Å². The average molecular weight is 370 g/mol. The largest absolute Gasteiger partial charge is 0.350 e. The molecule has 24 heavy (non-hydrogen) atoms. The first kappa shape index (κ1) is 18.5. The number of carbonyl (C=O) groups excluding carboxylic acids is 1. The van der Waals surface area contributed by atoms with Crippen LogP contribution >= 0.6 is 11.6 Å². The first-order valence-electron chi connectivity index (χ1n) is 7.43. The number of halogens is 1. The van der Waals surface area contributed by atoms with Gasteiger partial charge in [0.15, 0.2) is 15.5 Å². The van der Waals surface area contributed by atoms with Crippen molar-refractivity contribution >= 4 is 27.3 Å². The van der Waals surface area contributed by atoms with Crippen molar-refractivity contribution in [3.05, 3.63) is 47.2 Å². The van der Waals surface area contributed by atoms with E-state index in [9.17, 15) is 13.2 Å². The van der Waals surface area contributed by atoms with Gasteiger partial charge in [0, 0.05) is 12.7 Å². The Kier molecular flexibility index (Phi) is 5.35. The third-order valence-corrected chi connectivity index (χ3v) is 6.44. The van der Waals surface area contributed by atoms with Crippen LogP contribution in [0.5, 0.6) is 0 Å². The molecule has 1 N–H and O–H groups in total. The fourth-order valence-electron chi connectivity index (χ4n) is 1.91. The third-order valence-electron chi connectivity index (χ3n) is 3.51. The fourth-order valence-corrected chi connectivity index (χ4v) is 3.12. The Morgan fingerprint density at radius 1 is 1.25 bits per heavy atom. The summed E-state index contributed by atoms with van der Waals surface area (Å²) in [5.74, 6) is -0.544. The molecule has 1 heterocycles. The molecule has 2 aromatic rings. The van der Waals surface area contributed by atoms with Crippen molar-refractivity contribution in [2.75, 3.05) is 12.3 Å². The van der Waals surface area contributed by atoms with E-state index in [-0.39, 0.29) is 18.0 Å². The Balaban J connectivity index is 2.01. The van der Waals surface area contributed by atoms with E-state index in [0.29, 0.717) is 10.7 Å². The zero-order chi connectivity index (χ0) is 18.0. The maximum absolute atomic E-state index is 12.1. The van der Waals surface area contributed by atoms with Crippen LogP contribution in [0.1, 0.15) is 31.3 Å². The van der Waals surface area contributed by atoms with Gasteiger partial charge < -0.3 is 5.32 Å². The van der Waals surface area contributed by atoms with E-state index in [1.807, 2.05) is 6.07 Å². The summed E-state index contributed by atoms with van der Waals surface area (Å²) in [6.07, 6.45) is 1.63. The smallest absolute Gasteiger partial charge is 0.271 e. The molecular weight excluding hydrogens is 350 g/mol. The van der Waals surface area contributed by atoms with Gasteiger partial charge in [-0.15, -0.1) is 0 Å². The standard InChI is InChI=1S/C16H20ClN3O3S/c1-16(2,3)24(22,23)11-9-18-15(21)13-8-10-20(19-13)14-7-5-4-6-12(14)17/h4-8,10H,9,11H2,1-3H3,(H,18,21). The lowest BCUT2D eigenvalue weighted by Gasteiger charge is -2.18. The van der Waals surface area contributed by atoms with Crippen LogP contribution in [0.4, 0.5) is 0 Å². The number of nitrogens with zero attached hydrogens (tertiary/aromatic N) is 2. The Bertz CT molecular complexity index is 838. The Labute approximate surface area is 146 Å². The highest BCUT2D eigenvalue weighted by atomic mass is 35.5. The van der Waals surface area contributed by atoms with Crippen LogP contribution in [0.15, 0.2) is 36.5 Å². The minimum atomic E-state index is -3.28. The SMILES string of the molecule is CC(C)(C)S(=O)(=O)CCNC(=O)c1ccn(-c2ccccc2Cl)n1. The zero-order valence-electron chi connectivity index (χ0n) is 13.8. The topological polar surface area (TPSA) is 81.1 Å². The second-order valence-corrected chi connectivity index (χ2v) is 9.55. The van der Waals surface area contributed by atoms with Crippen molar-refractivity contribution in [3.63, 3.8) is 0 Å². The molecule has 130 valence electrons. The molecule has 0 spiro atoms. The molecule has 0 atom stereocenters. The molecule has 0 fully saturated rings. The Hall–Kier alpha value is -1.86. The van der Waals surface area contributed by atoms with Crippen molar-refractivity contribution < 1.29 is 13.2 Å². The molecule has 8 heteroatoms. The number of sulfone groups is 1. The molecule has 0 saturated heterocycles. The fraction of sp³-hybridized carbons (Fsp3) is 0.375. The number of aromatic nitrogens is 2. The van der Waals surface area contributed by atoms with Gasteiger partial charge in [0.2, 0.25) is 0 Å². The molecule has 2 rings (SSSR count). The van der Waals surface area contributed by atoms with Gasteiger partial charge in [0.05, 0.1) is 21.2 Å². The van der Waals surface area contributed by atoms with Gasteiger partial charge in [-0.1, -0.05) is 23.7 Å². The highest BCUT2D eigenvalue weighted by molar-refractivity contribution is 7.92. The van der Waals surface area contributed by atoms with Crippen molar-refractivity contribution in [1.29, 1.82) is 0 Å². The monoisotopic (exact) mass is 369 g/mol. The van der Waals surface area contributed by atoms with Crippen LogP contribution in [0.25, 0.3) is 5.69 Å². The Morgan fingerprint density at radius 2 is 1.92 bits per heavy atom. The highest BCUT2D eigenvalue weighted by Gasteiger charge is 2.28. The summed E-state index contributed by atoms with van der Waals surface area (Å²) >= 11 is 6.10. The third kappa shape index (κ3) is 4.15. The summed E-state index contributed by atoms with van der Waals surface area (Å²) in [6.45, 7) is 4.94. The number of para-hydroxylation sites is 1. The number of benzene rings is 1. The number of nitrogens with one attached hydrogen (secondary N) is 1. The number of amides is 1.